The van der Waals surface area contributed by atoms with Gasteiger partial charge in [-0.15, -0.1) is 0 Å². The molecule has 0 radical (unpaired) electrons. The molecule has 0 bridgehead atoms. The van der Waals surface area contributed by atoms with E-state index in [0.717, 1.165) is 34.0 Å². The van der Waals surface area contributed by atoms with Crippen molar-refractivity contribution in [1.29, 1.82) is 0 Å². The van der Waals surface area contributed by atoms with Crippen LogP contribution >= 0.6 is 35.4 Å². The quantitative estimate of drug-likeness (QED) is 0.148. The molecule has 1 fully saturated rings. The van der Waals surface area contributed by atoms with Gasteiger partial charge in [-0.1, -0.05) is 41.4 Å². The Hall–Kier alpha value is -3.91. The number of amides is 2. The number of halogens is 2. The van der Waals surface area contributed by atoms with E-state index in [-0.39, 0.29) is 10.7 Å². The van der Waals surface area contributed by atoms with E-state index >= 15 is 0 Å². The topological polar surface area (TPSA) is 63.6 Å². The Bertz CT molecular complexity index is 1680. The van der Waals surface area contributed by atoms with Crippen LogP contribution < -0.4 is 15.0 Å². The number of carbonyl (C=O) groups is 2. The Balaban J connectivity index is 1.41. The lowest BCUT2D eigenvalue weighted by molar-refractivity contribution is -0.122. The molecular formula is C31H25Cl2N3O3S. The fraction of sp³-hybridized carbons (Fsp3) is 0.129. The number of thiocarbonyl (C=S) groups is 1. The van der Waals surface area contributed by atoms with Crippen molar-refractivity contribution in [2.45, 2.75) is 27.4 Å². The number of nitrogens with one attached hydrogen (secondary N) is 1. The van der Waals surface area contributed by atoms with Crippen molar-refractivity contribution >= 4 is 64.1 Å². The van der Waals surface area contributed by atoms with Gasteiger partial charge in [0.2, 0.25) is 0 Å². The number of carbonyl (C=O) groups excluding carboxylic acids is 2. The normalized spacial score (nSPS) is 14.6. The van der Waals surface area contributed by atoms with Crippen molar-refractivity contribution in [3.8, 4) is 11.4 Å². The summed E-state index contributed by atoms with van der Waals surface area (Å²) in [5.74, 6) is -0.315. The van der Waals surface area contributed by atoms with Gasteiger partial charge >= 0.3 is 0 Å². The third kappa shape index (κ3) is 5.41. The molecule has 2 heterocycles. The Labute approximate surface area is 247 Å². The van der Waals surface area contributed by atoms with Crippen molar-refractivity contribution in [3.63, 3.8) is 0 Å². The molecule has 1 aliphatic heterocycles. The summed E-state index contributed by atoms with van der Waals surface area (Å²) in [4.78, 5) is 27.7. The molecule has 5 rings (SSSR count). The van der Waals surface area contributed by atoms with E-state index in [2.05, 4.69) is 9.88 Å². The largest absolute Gasteiger partial charge is 0.489 e. The second-order valence-corrected chi connectivity index (χ2v) is 10.6. The molecule has 9 heteroatoms. The van der Waals surface area contributed by atoms with Crippen LogP contribution in [-0.2, 0) is 16.2 Å². The molecule has 0 unspecified atom stereocenters. The minimum atomic E-state index is -0.544. The van der Waals surface area contributed by atoms with E-state index < -0.39 is 11.8 Å². The second kappa shape index (κ2) is 11.3. The van der Waals surface area contributed by atoms with Gasteiger partial charge < -0.3 is 9.30 Å². The van der Waals surface area contributed by atoms with Crippen LogP contribution in [0.5, 0.6) is 5.75 Å². The fourth-order valence-electron chi connectivity index (χ4n) is 4.64. The van der Waals surface area contributed by atoms with E-state index in [9.17, 15) is 9.59 Å². The molecule has 1 aromatic heterocycles. The van der Waals surface area contributed by atoms with E-state index in [0.29, 0.717) is 27.9 Å². The van der Waals surface area contributed by atoms with Gasteiger partial charge in [0.05, 0.1) is 5.69 Å². The minimum Gasteiger partial charge on any atom is -0.489 e. The van der Waals surface area contributed by atoms with Crippen molar-refractivity contribution in [2.24, 2.45) is 0 Å². The van der Waals surface area contributed by atoms with E-state index in [4.69, 9.17) is 40.2 Å². The summed E-state index contributed by atoms with van der Waals surface area (Å²) in [6.45, 7) is 6.15. The molecule has 0 saturated carbocycles. The number of ether oxygens (including phenoxy) is 1. The average Bonchev–Trinajstić information content (AvgIpc) is 3.21. The Morgan fingerprint density at radius 3 is 2.35 bits per heavy atom. The van der Waals surface area contributed by atoms with Crippen LogP contribution in [-0.4, -0.2) is 21.5 Å². The summed E-state index contributed by atoms with van der Waals surface area (Å²) in [7, 11) is 0. The predicted octanol–water partition coefficient (Wildman–Crippen LogP) is 7.12. The first kappa shape index (κ1) is 27.6. The molecule has 1 aliphatic rings. The van der Waals surface area contributed by atoms with Gasteiger partial charge in [-0.25, -0.2) is 0 Å². The maximum Gasteiger partial charge on any atom is 0.270 e. The number of hydrogen-bond donors (Lipinski definition) is 1. The van der Waals surface area contributed by atoms with E-state index in [1.54, 1.807) is 31.2 Å². The van der Waals surface area contributed by atoms with Crippen LogP contribution in [0, 0.1) is 20.8 Å². The molecular weight excluding hydrogens is 565 g/mol. The van der Waals surface area contributed by atoms with Crippen LogP contribution in [0.25, 0.3) is 11.8 Å². The first-order valence-corrected chi connectivity index (χ1v) is 13.6. The van der Waals surface area contributed by atoms with Crippen molar-refractivity contribution in [1.82, 2.24) is 9.88 Å². The molecule has 0 aliphatic carbocycles. The molecule has 1 N–H and O–H groups in total. The molecule has 0 atom stereocenters. The highest BCUT2D eigenvalue weighted by molar-refractivity contribution is 7.80. The Kier molecular flexibility index (Phi) is 7.81. The number of aromatic nitrogens is 1. The number of rotatable bonds is 6. The van der Waals surface area contributed by atoms with Crippen LogP contribution in [0.1, 0.15) is 28.1 Å². The smallest absolute Gasteiger partial charge is 0.270 e. The zero-order chi connectivity index (χ0) is 28.6. The number of nitrogens with zero attached hydrogens (tertiary/aromatic N) is 2. The number of anilines is 1. The highest BCUT2D eigenvalue weighted by Gasteiger charge is 2.35. The van der Waals surface area contributed by atoms with Gasteiger partial charge in [0, 0.05) is 27.1 Å². The zero-order valence-electron chi connectivity index (χ0n) is 22.0. The minimum absolute atomic E-state index is 0.0147. The van der Waals surface area contributed by atoms with Crippen molar-refractivity contribution < 1.29 is 14.3 Å². The van der Waals surface area contributed by atoms with Gasteiger partial charge in [-0.05, 0) is 110 Å². The number of benzene rings is 3. The monoisotopic (exact) mass is 589 g/mol. The van der Waals surface area contributed by atoms with Crippen LogP contribution in [0.3, 0.4) is 0 Å². The third-order valence-electron chi connectivity index (χ3n) is 6.77. The van der Waals surface area contributed by atoms with Gasteiger partial charge in [0.15, 0.2) is 5.11 Å². The van der Waals surface area contributed by atoms with Crippen molar-refractivity contribution in [2.75, 3.05) is 4.90 Å². The Morgan fingerprint density at radius 2 is 1.65 bits per heavy atom. The maximum absolute atomic E-state index is 13.5. The van der Waals surface area contributed by atoms with Gasteiger partial charge in [0.25, 0.3) is 11.8 Å². The molecule has 4 aromatic rings. The van der Waals surface area contributed by atoms with E-state index in [1.807, 2.05) is 68.4 Å². The summed E-state index contributed by atoms with van der Waals surface area (Å²) in [6.07, 6.45) is 1.61. The first-order chi connectivity index (χ1) is 19.1. The summed E-state index contributed by atoms with van der Waals surface area (Å²) in [6, 6.07) is 22.4. The molecule has 3 aromatic carbocycles. The van der Waals surface area contributed by atoms with Crippen LogP contribution in [0.15, 0.2) is 78.4 Å². The fourth-order valence-corrected chi connectivity index (χ4v) is 5.21. The van der Waals surface area contributed by atoms with E-state index in [1.165, 1.54) is 4.90 Å². The summed E-state index contributed by atoms with van der Waals surface area (Å²) in [5, 5.41) is 3.84. The second-order valence-electron chi connectivity index (χ2n) is 9.41. The summed E-state index contributed by atoms with van der Waals surface area (Å²) in [5.41, 5.74) is 5.71. The lowest BCUT2D eigenvalue weighted by atomic mass is 10.1. The molecule has 202 valence electrons. The summed E-state index contributed by atoms with van der Waals surface area (Å²) < 4.78 is 7.98. The van der Waals surface area contributed by atoms with Crippen molar-refractivity contribution in [3.05, 3.63) is 116 Å². The highest BCUT2D eigenvalue weighted by atomic mass is 35.5. The molecule has 40 heavy (non-hydrogen) atoms. The predicted molar refractivity (Wildman–Crippen MR) is 163 cm³/mol. The lowest BCUT2D eigenvalue weighted by Gasteiger charge is -2.30. The van der Waals surface area contributed by atoms with Gasteiger partial charge in [-0.2, -0.15) is 0 Å². The van der Waals surface area contributed by atoms with Gasteiger partial charge in [0.1, 0.15) is 17.9 Å². The standard InChI is InChI=1S/C31H25Cl2N3O3S/c1-18-15-22(16-26-29(37)34-31(40)36(30(26)38)28-6-4-5-27(33)19(28)2)20(3)35(18)24-11-13-25(14-12-24)39-17-21-7-9-23(32)10-8-21/h4-16H,17H2,1-3H3,(H,34,37,40)/b26-16+. The van der Waals surface area contributed by atoms with Crippen LogP contribution in [0.2, 0.25) is 10.0 Å². The zero-order valence-corrected chi connectivity index (χ0v) is 24.3. The summed E-state index contributed by atoms with van der Waals surface area (Å²) >= 11 is 17.6. The number of hydrogen-bond acceptors (Lipinski definition) is 4. The molecule has 1 saturated heterocycles. The maximum atomic E-state index is 13.5. The molecule has 0 spiro atoms. The molecule has 2 amide bonds. The number of aryl methyl sites for hydroxylation is 1. The average molecular weight is 591 g/mol. The van der Waals surface area contributed by atoms with Crippen LogP contribution in [0.4, 0.5) is 5.69 Å². The highest BCUT2D eigenvalue weighted by Crippen LogP contribution is 2.31. The lowest BCUT2D eigenvalue weighted by Crippen LogP contribution is -2.54. The molecule has 6 nitrogen and oxygen atoms in total. The SMILES string of the molecule is Cc1c(Cl)cccc1N1C(=O)/C(=C/c2cc(C)n(-c3ccc(OCc4ccc(Cl)cc4)cc3)c2C)C(=O)NC1=S. The third-order valence-corrected chi connectivity index (χ3v) is 7.71. The van der Waals surface area contributed by atoms with Gasteiger partial charge in [-0.3, -0.25) is 19.8 Å². The Morgan fingerprint density at radius 1 is 0.950 bits per heavy atom. The first-order valence-electron chi connectivity index (χ1n) is 12.5.